The van der Waals surface area contributed by atoms with E-state index in [1.54, 1.807) is 0 Å². The van der Waals surface area contributed by atoms with E-state index < -0.39 is 0 Å². The van der Waals surface area contributed by atoms with Crippen molar-refractivity contribution in [1.82, 2.24) is 20.1 Å². The Kier molecular flexibility index (Phi) is 4.45. The van der Waals surface area contributed by atoms with Gasteiger partial charge in [0.2, 0.25) is 11.7 Å². The maximum absolute atomic E-state index is 11.5. The van der Waals surface area contributed by atoms with Crippen LogP contribution < -0.4 is 5.32 Å². The van der Waals surface area contributed by atoms with Crippen molar-refractivity contribution in [3.8, 4) is 6.07 Å². The first-order valence-corrected chi connectivity index (χ1v) is 5.18. The van der Waals surface area contributed by atoms with Crippen molar-refractivity contribution in [3.05, 3.63) is 12.2 Å². The highest BCUT2D eigenvalue weighted by Gasteiger charge is 2.07. The quantitative estimate of drug-likeness (QED) is 0.775. The summed E-state index contributed by atoms with van der Waals surface area (Å²) in [6.07, 6.45) is 2.32. The maximum atomic E-state index is 11.5. The lowest BCUT2D eigenvalue weighted by Gasteiger charge is -2.07. The van der Waals surface area contributed by atoms with Gasteiger partial charge in [0, 0.05) is 6.54 Å². The average Bonchev–Trinajstić information content (AvgIpc) is 2.64. The molecule has 0 atom stereocenters. The smallest absolute Gasteiger partial charge is 0.240 e. The average molecular weight is 221 g/mol. The molecule has 1 amide bonds. The van der Waals surface area contributed by atoms with E-state index in [1.807, 2.05) is 6.07 Å². The van der Waals surface area contributed by atoms with E-state index in [0.717, 1.165) is 6.42 Å². The van der Waals surface area contributed by atoms with Gasteiger partial charge in [-0.3, -0.25) is 9.36 Å². The summed E-state index contributed by atoms with van der Waals surface area (Å²) in [5.74, 6) is 0.584. The van der Waals surface area contributed by atoms with Crippen LogP contribution in [0.25, 0.3) is 0 Å². The number of hydrogen-bond donors (Lipinski definition) is 1. The summed E-state index contributed by atoms with van der Waals surface area (Å²) in [7, 11) is 0. The zero-order valence-corrected chi connectivity index (χ0v) is 9.47. The van der Waals surface area contributed by atoms with Crippen molar-refractivity contribution in [2.45, 2.75) is 26.8 Å². The van der Waals surface area contributed by atoms with Crippen molar-refractivity contribution >= 4 is 5.91 Å². The normalized spacial score (nSPS) is 10.1. The third-order valence-corrected chi connectivity index (χ3v) is 2.07. The lowest BCUT2D eigenvalue weighted by molar-refractivity contribution is -0.121. The van der Waals surface area contributed by atoms with Crippen LogP contribution in [0.2, 0.25) is 0 Å². The van der Waals surface area contributed by atoms with E-state index in [9.17, 15) is 4.79 Å². The van der Waals surface area contributed by atoms with Crippen molar-refractivity contribution in [2.24, 2.45) is 5.92 Å². The zero-order chi connectivity index (χ0) is 12.0. The Labute approximate surface area is 94.3 Å². The Bertz CT molecular complexity index is 390. The molecule has 0 radical (unpaired) electrons. The number of carbonyl (C=O) groups excluding carboxylic acids is 1. The summed E-state index contributed by atoms with van der Waals surface area (Å²) in [5.41, 5.74) is 0. The van der Waals surface area contributed by atoms with E-state index >= 15 is 0 Å². The molecule has 1 rings (SSSR count). The van der Waals surface area contributed by atoms with Crippen LogP contribution in [0, 0.1) is 17.2 Å². The van der Waals surface area contributed by atoms with E-state index in [0.29, 0.717) is 12.5 Å². The van der Waals surface area contributed by atoms with Gasteiger partial charge in [-0.1, -0.05) is 13.8 Å². The van der Waals surface area contributed by atoms with Gasteiger partial charge in [-0.05, 0) is 12.3 Å². The molecular formula is C10H15N5O. The van der Waals surface area contributed by atoms with Crippen LogP contribution >= 0.6 is 0 Å². The molecule has 86 valence electrons. The molecule has 0 spiro atoms. The van der Waals surface area contributed by atoms with Gasteiger partial charge in [0.1, 0.15) is 18.9 Å². The molecule has 0 aliphatic carbocycles. The standard InChI is InChI=1S/C10H15N5O/c1-8(2)3-4-12-10(16)6-15-7-13-14-9(15)5-11/h7-8H,3-4,6H2,1-2H3,(H,12,16). The van der Waals surface area contributed by atoms with E-state index in [1.165, 1.54) is 10.9 Å². The molecule has 1 aromatic heterocycles. The van der Waals surface area contributed by atoms with Gasteiger partial charge >= 0.3 is 0 Å². The molecule has 16 heavy (non-hydrogen) atoms. The predicted octanol–water partition coefficient (Wildman–Crippen LogP) is 0.312. The number of rotatable bonds is 5. The fourth-order valence-corrected chi connectivity index (χ4v) is 1.17. The second kappa shape index (κ2) is 5.85. The highest BCUT2D eigenvalue weighted by Crippen LogP contribution is 1.97. The number of carbonyl (C=O) groups is 1. The molecule has 6 nitrogen and oxygen atoms in total. The van der Waals surface area contributed by atoms with Crippen molar-refractivity contribution in [2.75, 3.05) is 6.54 Å². The first-order valence-electron chi connectivity index (χ1n) is 5.18. The zero-order valence-electron chi connectivity index (χ0n) is 9.47. The molecule has 0 saturated carbocycles. The summed E-state index contributed by atoms with van der Waals surface area (Å²) in [5, 5.41) is 18.6. The fourth-order valence-electron chi connectivity index (χ4n) is 1.17. The lowest BCUT2D eigenvalue weighted by Crippen LogP contribution is -2.29. The fraction of sp³-hybridized carbons (Fsp3) is 0.600. The lowest BCUT2D eigenvalue weighted by atomic mass is 10.1. The number of hydrogen-bond acceptors (Lipinski definition) is 4. The van der Waals surface area contributed by atoms with Crippen LogP contribution in [0.4, 0.5) is 0 Å². The summed E-state index contributed by atoms with van der Waals surface area (Å²) in [6.45, 7) is 4.94. The summed E-state index contributed by atoms with van der Waals surface area (Å²) in [6, 6.07) is 1.86. The van der Waals surface area contributed by atoms with Crippen molar-refractivity contribution < 1.29 is 4.79 Å². The molecule has 1 heterocycles. The Balaban J connectivity index is 2.38. The van der Waals surface area contributed by atoms with E-state index in [4.69, 9.17) is 5.26 Å². The molecule has 0 unspecified atom stereocenters. The summed E-state index contributed by atoms with van der Waals surface area (Å²) in [4.78, 5) is 11.5. The third kappa shape index (κ3) is 3.69. The second-order valence-electron chi connectivity index (χ2n) is 3.93. The number of amides is 1. The number of nitriles is 1. The Morgan fingerprint density at radius 1 is 1.69 bits per heavy atom. The molecule has 0 aromatic carbocycles. The monoisotopic (exact) mass is 221 g/mol. The number of aromatic nitrogens is 3. The SMILES string of the molecule is CC(C)CCNC(=O)Cn1cnnc1C#N. The molecule has 0 bridgehead atoms. The Morgan fingerprint density at radius 3 is 3.06 bits per heavy atom. The summed E-state index contributed by atoms with van der Waals surface area (Å²) < 4.78 is 1.42. The van der Waals surface area contributed by atoms with Crippen LogP contribution in [0.5, 0.6) is 0 Å². The maximum Gasteiger partial charge on any atom is 0.240 e. The minimum absolute atomic E-state index is 0.0913. The molecule has 6 heteroatoms. The Hall–Kier alpha value is -1.90. The highest BCUT2D eigenvalue weighted by atomic mass is 16.1. The Morgan fingerprint density at radius 2 is 2.44 bits per heavy atom. The van der Waals surface area contributed by atoms with Crippen LogP contribution in [0.15, 0.2) is 6.33 Å². The van der Waals surface area contributed by atoms with Gasteiger partial charge in [-0.25, -0.2) is 0 Å². The van der Waals surface area contributed by atoms with Crippen LogP contribution in [0.1, 0.15) is 26.1 Å². The molecule has 0 aliphatic heterocycles. The second-order valence-corrected chi connectivity index (χ2v) is 3.93. The van der Waals surface area contributed by atoms with Crippen LogP contribution in [-0.2, 0) is 11.3 Å². The van der Waals surface area contributed by atoms with Gasteiger partial charge in [0.25, 0.3) is 0 Å². The topological polar surface area (TPSA) is 83.6 Å². The first-order chi connectivity index (χ1) is 7.63. The van der Waals surface area contributed by atoms with Crippen molar-refractivity contribution in [3.63, 3.8) is 0 Å². The molecule has 0 saturated heterocycles. The van der Waals surface area contributed by atoms with Crippen LogP contribution in [0.3, 0.4) is 0 Å². The molecule has 1 aromatic rings. The highest BCUT2D eigenvalue weighted by molar-refractivity contribution is 5.75. The molecular weight excluding hydrogens is 206 g/mol. The molecule has 1 N–H and O–H groups in total. The van der Waals surface area contributed by atoms with Gasteiger partial charge in [0.15, 0.2) is 0 Å². The minimum Gasteiger partial charge on any atom is -0.355 e. The van der Waals surface area contributed by atoms with Gasteiger partial charge in [-0.15, -0.1) is 10.2 Å². The predicted molar refractivity (Wildman–Crippen MR) is 57.2 cm³/mol. The minimum atomic E-state index is -0.128. The molecule has 0 aliphatic rings. The van der Waals surface area contributed by atoms with E-state index in [-0.39, 0.29) is 18.3 Å². The number of nitrogens with zero attached hydrogens (tertiary/aromatic N) is 4. The van der Waals surface area contributed by atoms with Gasteiger partial charge < -0.3 is 5.32 Å². The van der Waals surface area contributed by atoms with Crippen molar-refractivity contribution in [1.29, 1.82) is 5.26 Å². The third-order valence-electron chi connectivity index (χ3n) is 2.07. The van der Waals surface area contributed by atoms with Crippen LogP contribution in [-0.4, -0.2) is 27.2 Å². The number of nitrogens with one attached hydrogen (secondary N) is 1. The summed E-state index contributed by atoms with van der Waals surface area (Å²) >= 11 is 0. The van der Waals surface area contributed by atoms with Gasteiger partial charge in [-0.2, -0.15) is 5.26 Å². The van der Waals surface area contributed by atoms with E-state index in [2.05, 4.69) is 29.4 Å². The first kappa shape index (κ1) is 12.2. The molecule has 0 fully saturated rings. The van der Waals surface area contributed by atoms with Gasteiger partial charge in [0.05, 0.1) is 0 Å². The largest absolute Gasteiger partial charge is 0.355 e.